The smallest absolute Gasteiger partial charge is 0.253 e. The summed E-state index contributed by atoms with van der Waals surface area (Å²) >= 11 is 1.68. The van der Waals surface area contributed by atoms with E-state index in [9.17, 15) is 4.79 Å². The van der Waals surface area contributed by atoms with Crippen molar-refractivity contribution in [2.45, 2.75) is 10.1 Å². The predicted octanol–water partition coefficient (Wildman–Crippen LogP) is 1.46. The monoisotopic (exact) mass is 252 g/mol. The van der Waals surface area contributed by atoms with E-state index in [0.29, 0.717) is 10.8 Å². The van der Waals surface area contributed by atoms with Gasteiger partial charge in [0.15, 0.2) is 0 Å². The van der Waals surface area contributed by atoms with Crippen molar-refractivity contribution in [3.63, 3.8) is 0 Å². The Balaban J connectivity index is 2.19. The van der Waals surface area contributed by atoms with Crippen molar-refractivity contribution in [1.29, 1.82) is 0 Å². The van der Waals surface area contributed by atoms with E-state index in [0.717, 1.165) is 23.8 Å². The number of rotatable bonds is 3. The number of carbonyl (C=O) groups is 1. The molecular formula is C12H16N2O2S. The first-order valence-corrected chi connectivity index (χ1v) is 6.31. The zero-order chi connectivity index (χ0) is 12.4. The maximum atomic E-state index is 11.8. The molecule has 2 rings (SSSR count). The molecule has 0 saturated carbocycles. The molecule has 2 N–H and O–H groups in total. The number of carbonyl (C=O) groups excluding carboxylic acids is 1. The Labute approximate surface area is 105 Å². The van der Waals surface area contributed by atoms with Gasteiger partial charge in [-0.15, -0.1) is 11.8 Å². The average Bonchev–Trinajstić information content (AvgIpc) is 2.24. The Morgan fingerprint density at radius 2 is 2.18 bits per heavy atom. The second-order valence-electron chi connectivity index (χ2n) is 4.23. The minimum absolute atomic E-state index is 0.00305. The van der Waals surface area contributed by atoms with Crippen LogP contribution in [0.1, 0.15) is 10.4 Å². The van der Waals surface area contributed by atoms with E-state index in [1.165, 1.54) is 0 Å². The van der Waals surface area contributed by atoms with Crippen LogP contribution in [0.15, 0.2) is 23.1 Å². The van der Waals surface area contributed by atoms with Crippen LogP contribution in [0.2, 0.25) is 0 Å². The molecule has 0 unspecified atom stereocenters. The van der Waals surface area contributed by atoms with Gasteiger partial charge < -0.3 is 15.4 Å². The highest BCUT2D eigenvalue weighted by Crippen LogP contribution is 2.32. The van der Waals surface area contributed by atoms with Crippen molar-refractivity contribution in [1.82, 2.24) is 4.90 Å². The predicted molar refractivity (Wildman–Crippen MR) is 69.3 cm³/mol. The molecule has 1 aliphatic heterocycles. The summed E-state index contributed by atoms with van der Waals surface area (Å²) < 4.78 is 5.13. The van der Waals surface area contributed by atoms with Crippen molar-refractivity contribution in [2.75, 3.05) is 33.0 Å². The number of hydrogen-bond acceptors (Lipinski definition) is 4. The van der Waals surface area contributed by atoms with Crippen LogP contribution in [0.3, 0.4) is 0 Å². The van der Waals surface area contributed by atoms with Gasteiger partial charge in [0.05, 0.1) is 18.5 Å². The Hall–Kier alpha value is -1.20. The van der Waals surface area contributed by atoms with Gasteiger partial charge in [-0.25, -0.2) is 0 Å². The van der Waals surface area contributed by atoms with Gasteiger partial charge >= 0.3 is 0 Å². The van der Waals surface area contributed by atoms with Gasteiger partial charge in [0.2, 0.25) is 0 Å². The van der Waals surface area contributed by atoms with Crippen LogP contribution in [0, 0.1) is 0 Å². The van der Waals surface area contributed by atoms with Crippen LogP contribution in [-0.2, 0) is 4.74 Å². The van der Waals surface area contributed by atoms with Crippen molar-refractivity contribution >= 4 is 23.4 Å². The number of benzene rings is 1. The van der Waals surface area contributed by atoms with E-state index in [1.54, 1.807) is 42.9 Å². The van der Waals surface area contributed by atoms with Crippen molar-refractivity contribution in [3.8, 4) is 0 Å². The van der Waals surface area contributed by atoms with E-state index in [4.69, 9.17) is 10.5 Å². The zero-order valence-electron chi connectivity index (χ0n) is 9.97. The molecule has 0 spiro atoms. The summed E-state index contributed by atoms with van der Waals surface area (Å²) in [5.74, 6) is -0.00305. The molecule has 1 aromatic carbocycles. The van der Waals surface area contributed by atoms with E-state index < -0.39 is 0 Å². The normalized spacial score (nSPS) is 15.4. The number of anilines is 1. The Morgan fingerprint density at radius 1 is 1.47 bits per heavy atom. The first-order chi connectivity index (χ1) is 8.08. The van der Waals surface area contributed by atoms with Gasteiger partial charge in [0.1, 0.15) is 0 Å². The Bertz CT molecular complexity index is 431. The fourth-order valence-corrected chi connectivity index (χ4v) is 2.58. The molecule has 1 saturated heterocycles. The summed E-state index contributed by atoms with van der Waals surface area (Å²) in [5.41, 5.74) is 7.30. The molecule has 4 nitrogen and oxygen atoms in total. The van der Waals surface area contributed by atoms with Gasteiger partial charge in [0.25, 0.3) is 5.91 Å². The van der Waals surface area contributed by atoms with Crippen LogP contribution < -0.4 is 5.73 Å². The summed E-state index contributed by atoms with van der Waals surface area (Å²) in [6.07, 6.45) is 0. The third kappa shape index (κ3) is 2.73. The SMILES string of the molecule is CN(C)C(=O)c1ccc(N)c(SC2COC2)c1. The van der Waals surface area contributed by atoms with Crippen LogP contribution in [0.25, 0.3) is 0 Å². The number of hydrogen-bond donors (Lipinski definition) is 1. The van der Waals surface area contributed by atoms with Crippen LogP contribution in [-0.4, -0.2) is 43.4 Å². The molecular weight excluding hydrogens is 236 g/mol. The standard InChI is InChI=1S/C12H16N2O2S/c1-14(2)12(15)8-3-4-10(13)11(5-8)17-9-6-16-7-9/h3-5,9H,6-7,13H2,1-2H3. The molecule has 0 bridgehead atoms. The Kier molecular flexibility index (Phi) is 3.59. The fourth-order valence-electron chi connectivity index (χ4n) is 1.49. The maximum absolute atomic E-state index is 11.8. The van der Waals surface area contributed by atoms with E-state index >= 15 is 0 Å². The fraction of sp³-hybridized carbons (Fsp3) is 0.417. The summed E-state index contributed by atoms with van der Waals surface area (Å²) in [7, 11) is 3.48. The lowest BCUT2D eigenvalue weighted by Crippen LogP contribution is -2.30. The molecule has 1 aliphatic rings. The zero-order valence-corrected chi connectivity index (χ0v) is 10.8. The molecule has 0 aliphatic carbocycles. The molecule has 5 heteroatoms. The maximum Gasteiger partial charge on any atom is 0.253 e. The highest BCUT2D eigenvalue weighted by atomic mass is 32.2. The third-order valence-electron chi connectivity index (χ3n) is 2.57. The second kappa shape index (κ2) is 4.98. The van der Waals surface area contributed by atoms with E-state index in [2.05, 4.69) is 0 Å². The summed E-state index contributed by atoms with van der Waals surface area (Å²) in [5, 5.41) is 0.460. The largest absolute Gasteiger partial charge is 0.398 e. The lowest BCUT2D eigenvalue weighted by molar-refractivity contribution is 0.0455. The van der Waals surface area contributed by atoms with Crippen LogP contribution in [0.5, 0.6) is 0 Å². The van der Waals surface area contributed by atoms with Gasteiger partial charge in [-0.05, 0) is 18.2 Å². The molecule has 0 atom stereocenters. The minimum atomic E-state index is -0.00305. The molecule has 1 amide bonds. The minimum Gasteiger partial charge on any atom is -0.398 e. The van der Waals surface area contributed by atoms with Crippen molar-refractivity contribution in [2.24, 2.45) is 0 Å². The lowest BCUT2D eigenvalue weighted by atomic mass is 10.2. The second-order valence-corrected chi connectivity index (χ2v) is 5.57. The molecule has 92 valence electrons. The molecule has 0 radical (unpaired) electrons. The van der Waals surface area contributed by atoms with Crippen LogP contribution >= 0.6 is 11.8 Å². The topological polar surface area (TPSA) is 55.6 Å². The van der Waals surface area contributed by atoms with Gasteiger partial charge in [-0.1, -0.05) is 0 Å². The molecule has 0 aromatic heterocycles. The number of nitrogens with two attached hydrogens (primary N) is 1. The summed E-state index contributed by atoms with van der Waals surface area (Å²) in [6, 6.07) is 5.41. The van der Waals surface area contributed by atoms with E-state index in [1.807, 2.05) is 6.07 Å². The molecule has 1 fully saturated rings. The van der Waals surface area contributed by atoms with Crippen molar-refractivity contribution in [3.05, 3.63) is 23.8 Å². The van der Waals surface area contributed by atoms with Gasteiger partial charge in [0, 0.05) is 30.2 Å². The quantitative estimate of drug-likeness (QED) is 0.828. The molecule has 1 aromatic rings. The highest BCUT2D eigenvalue weighted by Gasteiger charge is 2.21. The molecule has 1 heterocycles. The summed E-state index contributed by atoms with van der Waals surface area (Å²) in [4.78, 5) is 14.4. The van der Waals surface area contributed by atoms with Crippen molar-refractivity contribution < 1.29 is 9.53 Å². The van der Waals surface area contributed by atoms with Crippen LogP contribution in [0.4, 0.5) is 5.69 Å². The number of nitrogen functional groups attached to an aromatic ring is 1. The van der Waals surface area contributed by atoms with Gasteiger partial charge in [-0.2, -0.15) is 0 Å². The lowest BCUT2D eigenvalue weighted by Gasteiger charge is -2.25. The summed E-state index contributed by atoms with van der Waals surface area (Å²) in [6.45, 7) is 1.52. The number of ether oxygens (including phenoxy) is 1. The number of nitrogens with zero attached hydrogens (tertiary/aromatic N) is 1. The van der Waals surface area contributed by atoms with E-state index in [-0.39, 0.29) is 5.91 Å². The Morgan fingerprint density at radius 3 is 2.71 bits per heavy atom. The molecule has 17 heavy (non-hydrogen) atoms. The number of thioether (sulfide) groups is 1. The first-order valence-electron chi connectivity index (χ1n) is 5.43. The van der Waals surface area contributed by atoms with Gasteiger partial charge in [-0.3, -0.25) is 4.79 Å². The number of amides is 1. The highest BCUT2D eigenvalue weighted by molar-refractivity contribution is 8.00. The third-order valence-corrected chi connectivity index (χ3v) is 3.78. The average molecular weight is 252 g/mol. The first kappa shape index (κ1) is 12.3.